The maximum atomic E-state index is 10.2. The Morgan fingerprint density at radius 3 is 2.64 bits per heavy atom. The van der Waals surface area contributed by atoms with E-state index in [0.717, 1.165) is 0 Å². The molecule has 5 N–H and O–H groups in total. The van der Waals surface area contributed by atoms with E-state index in [9.17, 15) is 5.11 Å². The van der Waals surface area contributed by atoms with Crippen molar-refractivity contribution in [3.05, 3.63) is 6.33 Å². The Balaban J connectivity index is 1.98. The van der Waals surface area contributed by atoms with Gasteiger partial charge < -0.3 is 25.7 Å². The smallest absolute Gasteiger partial charge is 0.224 e. The molecule has 1 saturated heterocycles. The third kappa shape index (κ3) is 3.62. The highest BCUT2D eigenvalue weighted by atomic mass is 127. The van der Waals surface area contributed by atoms with E-state index in [0.29, 0.717) is 22.0 Å². The predicted molar refractivity (Wildman–Crippen MR) is 120 cm³/mol. The number of alkyl halides is 1. The van der Waals surface area contributed by atoms with Crippen LogP contribution in [0.1, 0.15) is 33.4 Å². The van der Waals surface area contributed by atoms with E-state index in [1.54, 1.807) is 10.9 Å². The summed E-state index contributed by atoms with van der Waals surface area (Å²) in [6.45, 7) is 10.9. The van der Waals surface area contributed by atoms with Gasteiger partial charge in [-0.25, -0.2) is 4.98 Å². The summed E-state index contributed by atoms with van der Waals surface area (Å²) >= 11 is 2.25. The average molecular weight is 520 g/mol. The molecule has 0 unspecified atom stereocenters. The van der Waals surface area contributed by atoms with Crippen molar-refractivity contribution in [2.24, 2.45) is 0 Å². The standard InChI is InChI=1S/C17H29IN6O3Si/c1-16(2,3)28(4,5)27-10-6-11(26-17(10,7-18)8-25)24-9-21-12-13(19)22-15(20)23-14(12)24/h9-11,25H,6-8H2,1-5H3,(H4,19,20,22,23)/t10-,11-,17+/m0/s1. The molecule has 0 aliphatic carbocycles. The number of ether oxygens (including phenoxy) is 1. The Morgan fingerprint density at radius 2 is 2.07 bits per heavy atom. The largest absolute Gasteiger partial charge is 0.411 e. The number of anilines is 2. The quantitative estimate of drug-likeness (QED) is 0.311. The SMILES string of the molecule is CC(C)(C)[Si](C)(C)O[C@H]1C[C@@H](n2cnc3c(N)nc(N)nc32)O[C@@]1(CO)CI. The van der Waals surface area contributed by atoms with Crippen molar-refractivity contribution in [2.75, 3.05) is 22.5 Å². The minimum Gasteiger partial charge on any atom is -0.411 e. The first-order valence-electron chi connectivity index (χ1n) is 9.22. The minimum atomic E-state index is -2.06. The molecule has 0 amide bonds. The Bertz CT molecular complexity index is 864. The van der Waals surface area contributed by atoms with Crippen molar-refractivity contribution in [1.82, 2.24) is 19.5 Å². The number of hydrogen-bond donors (Lipinski definition) is 3. The molecule has 0 saturated carbocycles. The molecule has 0 radical (unpaired) electrons. The van der Waals surface area contributed by atoms with E-state index in [1.807, 2.05) is 0 Å². The van der Waals surface area contributed by atoms with E-state index in [-0.39, 0.29) is 29.5 Å². The summed E-state index contributed by atoms with van der Waals surface area (Å²) in [4.78, 5) is 12.6. The average Bonchev–Trinajstić information content (AvgIpc) is 3.15. The number of fused-ring (bicyclic) bond motifs is 1. The van der Waals surface area contributed by atoms with Gasteiger partial charge in [0, 0.05) is 10.8 Å². The van der Waals surface area contributed by atoms with Gasteiger partial charge in [0.05, 0.1) is 19.0 Å². The monoisotopic (exact) mass is 520 g/mol. The molecular formula is C17H29IN6O3Si. The second kappa shape index (κ2) is 7.34. The molecule has 1 fully saturated rings. The number of halogens is 1. The Labute approximate surface area is 179 Å². The summed E-state index contributed by atoms with van der Waals surface area (Å²) in [5.74, 6) is 0.316. The first-order valence-corrected chi connectivity index (χ1v) is 13.7. The number of aliphatic hydroxyl groups is 1. The van der Waals surface area contributed by atoms with Crippen LogP contribution < -0.4 is 11.5 Å². The van der Waals surface area contributed by atoms with Crippen LogP contribution in [0, 0.1) is 0 Å². The highest BCUT2D eigenvalue weighted by Crippen LogP contribution is 2.45. The number of hydrogen-bond acceptors (Lipinski definition) is 8. The predicted octanol–water partition coefficient (Wildman–Crippen LogP) is 2.47. The van der Waals surface area contributed by atoms with Crippen molar-refractivity contribution in [2.45, 2.75) is 63.3 Å². The van der Waals surface area contributed by atoms with Crippen molar-refractivity contribution in [3.63, 3.8) is 0 Å². The summed E-state index contributed by atoms with van der Waals surface area (Å²) in [6, 6.07) is 0. The molecule has 0 bridgehead atoms. The molecule has 1 aliphatic heterocycles. The van der Waals surface area contributed by atoms with Crippen LogP contribution in [-0.4, -0.2) is 55.7 Å². The number of rotatable bonds is 5. The maximum absolute atomic E-state index is 10.2. The van der Waals surface area contributed by atoms with Crippen LogP contribution in [0.3, 0.4) is 0 Å². The van der Waals surface area contributed by atoms with Crippen molar-refractivity contribution < 1.29 is 14.3 Å². The van der Waals surface area contributed by atoms with Crippen molar-refractivity contribution >= 4 is 53.8 Å². The molecule has 11 heteroatoms. The van der Waals surface area contributed by atoms with Crippen molar-refractivity contribution in [1.29, 1.82) is 0 Å². The summed E-state index contributed by atoms with van der Waals surface area (Å²) in [7, 11) is -2.06. The first-order chi connectivity index (χ1) is 12.9. The fourth-order valence-corrected chi connectivity index (χ4v) is 5.40. The highest BCUT2D eigenvalue weighted by Gasteiger charge is 2.53. The van der Waals surface area contributed by atoms with E-state index < -0.39 is 20.1 Å². The van der Waals surface area contributed by atoms with Gasteiger partial charge in [-0.3, -0.25) is 4.57 Å². The van der Waals surface area contributed by atoms with Crippen LogP contribution >= 0.6 is 22.6 Å². The van der Waals surface area contributed by atoms with Gasteiger partial charge in [-0.15, -0.1) is 0 Å². The third-order valence-corrected chi connectivity index (χ3v) is 11.7. The number of imidazole rings is 1. The molecule has 28 heavy (non-hydrogen) atoms. The van der Waals surface area contributed by atoms with Gasteiger partial charge in [-0.05, 0) is 18.1 Å². The van der Waals surface area contributed by atoms with E-state index in [2.05, 4.69) is 71.4 Å². The molecule has 0 spiro atoms. The normalized spacial score (nSPS) is 26.2. The number of nitrogens with two attached hydrogens (primary N) is 2. The van der Waals surface area contributed by atoms with E-state index >= 15 is 0 Å². The molecular weight excluding hydrogens is 491 g/mol. The number of aromatic nitrogens is 4. The van der Waals surface area contributed by atoms with Crippen LogP contribution in [0.15, 0.2) is 6.33 Å². The van der Waals surface area contributed by atoms with Gasteiger partial charge in [0.2, 0.25) is 5.95 Å². The molecule has 3 heterocycles. The Kier molecular flexibility index (Phi) is 5.69. The molecule has 2 aromatic rings. The number of aliphatic hydroxyl groups excluding tert-OH is 1. The zero-order chi connectivity index (χ0) is 20.9. The van der Waals surface area contributed by atoms with Crippen molar-refractivity contribution in [3.8, 4) is 0 Å². The minimum absolute atomic E-state index is 0.0510. The molecule has 9 nitrogen and oxygen atoms in total. The summed E-state index contributed by atoms with van der Waals surface area (Å²) < 4.78 is 15.5. The molecule has 3 atom stereocenters. The lowest BCUT2D eigenvalue weighted by Crippen LogP contribution is -2.53. The summed E-state index contributed by atoms with van der Waals surface area (Å²) in [5, 5.41) is 10.3. The summed E-state index contributed by atoms with van der Waals surface area (Å²) in [5.41, 5.74) is 11.9. The van der Waals surface area contributed by atoms with Crippen LogP contribution in [0.5, 0.6) is 0 Å². The second-order valence-corrected chi connectivity index (χ2v) is 14.3. The lowest BCUT2D eigenvalue weighted by molar-refractivity contribution is -0.107. The fourth-order valence-electron chi connectivity index (χ4n) is 3.12. The van der Waals surface area contributed by atoms with Gasteiger partial charge in [-0.1, -0.05) is 43.4 Å². The van der Waals surface area contributed by atoms with E-state index in [1.165, 1.54) is 0 Å². The van der Waals surface area contributed by atoms with Gasteiger partial charge in [0.1, 0.15) is 17.3 Å². The van der Waals surface area contributed by atoms with Crippen LogP contribution in [0.2, 0.25) is 18.1 Å². The van der Waals surface area contributed by atoms with E-state index in [4.69, 9.17) is 20.6 Å². The van der Waals surface area contributed by atoms with Crippen LogP contribution in [-0.2, 0) is 9.16 Å². The molecule has 0 aromatic carbocycles. The molecule has 3 rings (SSSR count). The maximum Gasteiger partial charge on any atom is 0.224 e. The first kappa shape index (κ1) is 21.7. The topological polar surface area (TPSA) is 134 Å². The number of nitrogen functional groups attached to an aromatic ring is 2. The van der Waals surface area contributed by atoms with Gasteiger partial charge in [0.25, 0.3) is 0 Å². The second-order valence-electron chi connectivity index (χ2n) is 8.82. The Morgan fingerprint density at radius 1 is 1.39 bits per heavy atom. The lowest BCUT2D eigenvalue weighted by Gasteiger charge is -2.42. The number of nitrogens with zero attached hydrogens (tertiary/aromatic N) is 4. The van der Waals surface area contributed by atoms with Gasteiger partial charge in [0.15, 0.2) is 19.8 Å². The molecule has 2 aromatic heterocycles. The van der Waals surface area contributed by atoms with Crippen LogP contribution in [0.25, 0.3) is 11.2 Å². The summed E-state index contributed by atoms with van der Waals surface area (Å²) in [6.07, 6.45) is 1.57. The third-order valence-electron chi connectivity index (χ3n) is 5.89. The Hall–Kier alpha value is -1.02. The molecule has 156 valence electrons. The fraction of sp³-hybridized carbons (Fsp3) is 0.706. The molecule has 1 aliphatic rings. The zero-order valence-corrected chi connectivity index (χ0v) is 20.1. The van der Waals surface area contributed by atoms with Crippen LogP contribution in [0.4, 0.5) is 11.8 Å². The van der Waals surface area contributed by atoms with Gasteiger partial charge in [-0.2, -0.15) is 9.97 Å². The lowest BCUT2D eigenvalue weighted by atomic mass is 10.0. The highest BCUT2D eigenvalue weighted by molar-refractivity contribution is 14.1. The zero-order valence-electron chi connectivity index (χ0n) is 16.9. The van der Waals surface area contributed by atoms with Gasteiger partial charge >= 0.3 is 0 Å².